The topological polar surface area (TPSA) is 99.4 Å². The lowest BCUT2D eigenvalue weighted by molar-refractivity contribution is -0.112. The van der Waals surface area contributed by atoms with Crippen LogP contribution in [0.25, 0.3) is 6.08 Å². The highest BCUT2D eigenvalue weighted by Crippen LogP contribution is 2.17. The third kappa shape index (κ3) is 6.05. The standard InChI is InChI=1S/C25H20N2O4/c1-17-2-4-19(5-3-17)16-31-23-12-6-18(7-13-23)14-21(15-26)24(28)27-22-10-8-20(9-11-22)25(29)30/h2-14H,16H2,1H3,(H,27,28)(H,29,30)/b21-14+. The van der Waals surface area contributed by atoms with Gasteiger partial charge in [0.05, 0.1) is 5.56 Å². The van der Waals surface area contributed by atoms with E-state index in [0.717, 1.165) is 5.56 Å². The molecule has 3 aromatic rings. The van der Waals surface area contributed by atoms with E-state index in [-0.39, 0.29) is 11.1 Å². The first-order chi connectivity index (χ1) is 14.9. The molecule has 6 heteroatoms. The lowest BCUT2D eigenvalue weighted by Gasteiger charge is -2.07. The molecule has 0 bridgehead atoms. The van der Waals surface area contributed by atoms with Crippen molar-refractivity contribution in [1.82, 2.24) is 0 Å². The van der Waals surface area contributed by atoms with Crippen molar-refractivity contribution in [3.63, 3.8) is 0 Å². The molecule has 6 nitrogen and oxygen atoms in total. The highest BCUT2D eigenvalue weighted by molar-refractivity contribution is 6.09. The number of aryl methyl sites for hydroxylation is 1. The Labute approximate surface area is 180 Å². The number of amides is 1. The Hall–Kier alpha value is -4.37. The van der Waals surface area contributed by atoms with Gasteiger partial charge in [-0.05, 0) is 60.5 Å². The molecule has 3 aromatic carbocycles. The molecular formula is C25H20N2O4. The summed E-state index contributed by atoms with van der Waals surface area (Å²) in [5.74, 6) is -0.953. The van der Waals surface area contributed by atoms with Crippen molar-refractivity contribution in [1.29, 1.82) is 5.26 Å². The van der Waals surface area contributed by atoms with Crippen LogP contribution >= 0.6 is 0 Å². The highest BCUT2D eigenvalue weighted by Gasteiger charge is 2.10. The molecule has 0 fully saturated rings. The van der Waals surface area contributed by atoms with Gasteiger partial charge >= 0.3 is 5.97 Å². The van der Waals surface area contributed by atoms with Crippen molar-refractivity contribution >= 4 is 23.6 Å². The zero-order valence-corrected chi connectivity index (χ0v) is 16.8. The molecule has 0 aromatic heterocycles. The summed E-state index contributed by atoms with van der Waals surface area (Å²) in [6, 6.07) is 22.7. The molecular weight excluding hydrogens is 392 g/mol. The summed E-state index contributed by atoms with van der Waals surface area (Å²) in [5, 5.41) is 20.9. The van der Waals surface area contributed by atoms with Gasteiger partial charge < -0.3 is 15.2 Å². The number of nitrogens with zero attached hydrogens (tertiary/aromatic N) is 1. The Bertz CT molecular complexity index is 1140. The second-order valence-corrected chi connectivity index (χ2v) is 6.85. The summed E-state index contributed by atoms with van der Waals surface area (Å²) < 4.78 is 5.76. The predicted octanol–water partition coefficient (Wildman–Crippen LogP) is 4.82. The van der Waals surface area contributed by atoms with E-state index in [1.807, 2.05) is 37.3 Å². The number of rotatable bonds is 7. The maximum Gasteiger partial charge on any atom is 0.335 e. The van der Waals surface area contributed by atoms with Crippen LogP contribution in [0.3, 0.4) is 0 Å². The maximum atomic E-state index is 12.4. The molecule has 0 aliphatic rings. The number of nitrogens with one attached hydrogen (secondary N) is 1. The van der Waals surface area contributed by atoms with Gasteiger partial charge in [-0.25, -0.2) is 4.79 Å². The first-order valence-electron chi connectivity index (χ1n) is 9.49. The number of aromatic carboxylic acids is 1. The number of benzene rings is 3. The molecule has 0 aliphatic heterocycles. The lowest BCUT2D eigenvalue weighted by Crippen LogP contribution is -2.13. The average molecular weight is 412 g/mol. The number of ether oxygens (including phenoxy) is 1. The quantitative estimate of drug-likeness (QED) is 0.428. The van der Waals surface area contributed by atoms with Crippen molar-refractivity contribution < 1.29 is 19.4 Å². The minimum atomic E-state index is -1.05. The molecule has 0 atom stereocenters. The van der Waals surface area contributed by atoms with Crippen molar-refractivity contribution in [3.05, 3.63) is 101 Å². The van der Waals surface area contributed by atoms with Gasteiger partial charge in [-0.2, -0.15) is 5.26 Å². The molecule has 0 unspecified atom stereocenters. The molecule has 0 heterocycles. The number of carbonyl (C=O) groups excluding carboxylic acids is 1. The Morgan fingerprint density at radius 1 is 1.00 bits per heavy atom. The van der Waals surface area contributed by atoms with Gasteiger partial charge in [0, 0.05) is 5.69 Å². The molecule has 3 rings (SSSR count). The van der Waals surface area contributed by atoms with Crippen LogP contribution in [0.5, 0.6) is 5.75 Å². The van der Waals surface area contributed by atoms with Gasteiger partial charge in [0.25, 0.3) is 5.91 Å². The van der Waals surface area contributed by atoms with Crippen LogP contribution in [0.15, 0.2) is 78.4 Å². The van der Waals surface area contributed by atoms with Crippen LogP contribution in [0.4, 0.5) is 5.69 Å². The van der Waals surface area contributed by atoms with Crippen LogP contribution in [-0.2, 0) is 11.4 Å². The van der Waals surface area contributed by atoms with Crippen molar-refractivity contribution in [2.45, 2.75) is 13.5 Å². The minimum Gasteiger partial charge on any atom is -0.489 e. The Morgan fingerprint density at radius 3 is 2.23 bits per heavy atom. The highest BCUT2D eigenvalue weighted by atomic mass is 16.5. The third-order valence-corrected chi connectivity index (χ3v) is 4.47. The number of carboxylic acids is 1. The zero-order valence-electron chi connectivity index (χ0n) is 16.8. The van der Waals surface area contributed by atoms with Gasteiger partial charge in [0.15, 0.2) is 0 Å². The fraction of sp³-hybridized carbons (Fsp3) is 0.0800. The van der Waals surface area contributed by atoms with Gasteiger partial charge in [0.2, 0.25) is 0 Å². The Kier molecular flexibility index (Phi) is 6.82. The number of carbonyl (C=O) groups is 2. The fourth-order valence-corrected chi connectivity index (χ4v) is 2.72. The van der Waals surface area contributed by atoms with Crippen molar-refractivity contribution in [3.8, 4) is 11.8 Å². The number of nitriles is 1. The summed E-state index contributed by atoms with van der Waals surface area (Å²) in [5.41, 5.74) is 3.37. The van der Waals surface area contributed by atoms with Crippen LogP contribution in [0.2, 0.25) is 0 Å². The van der Waals surface area contributed by atoms with Crippen LogP contribution in [-0.4, -0.2) is 17.0 Å². The molecule has 154 valence electrons. The monoisotopic (exact) mass is 412 g/mol. The smallest absolute Gasteiger partial charge is 0.335 e. The SMILES string of the molecule is Cc1ccc(COc2ccc(/C=C(\C#N)C(=O)Nc3ccc(C(=O)O)cc3)cc2)cc1. The van der Waals surface area contributed by atoms with Gasteiger partial charge in [-0.1, -0.05) is 42.0 Å². The van der Waals surface area contributed by atoms with E-state index in [9.17, 15) is 14.9 Å². The number of anilines is 1. The maximum absolute atomic E-state index is 12.4. The Balaban J connectivity index is 1.63. The predicted molar refractivity (Wildman–Crippen MR) is 118 cm³/mol. The van der Waals surface area contributed by atoms with E-state index < -0.39 is 11.9 Å². The molecule has 0 spiro atoms. The van der Waals surface area contributed by atoms with E-state index in [1.54, 1.807) is 24.3 Å². The average Bonchev–Trinajstić information content (AvgIpc) is 2.78. The summed E-state index contributed by atoms with van der Waals surface area (Å²) >= 11 is 0. The summed E-state index contributed by atoms with van der Waals surface area (Å²) in [4.78, 5) is 23.3. The van der Waals surface area contributed by atoms with Crippen LogP contribution < -0.4 is 10.1 Å². The molecule has 0 radical (unpaired) electrons. The van der Waals surface area contributed by atoms with Gasteiger partial charge in [0.1, 0.15) is 24.0 Å². The zero-order chi connectivity index (χ0) is 22.2. The molecule has 1 amide bonds. The molecule has 0 aliphatic carbocycles. The van der Waals surface area contributed by atoms with Crippen molar-refractivity contribution in [2.24, 2.45) is 0 Å². The molecule has 31 heavy (non-hydrogen) atoms. The molecule has 0 saturated heterocycles. The first kappa shape index (κ1) is 21.3. The molecule has 2 N–H and O–H groups in total. The van der Waals surface area contributed by atoms with E-state index in [1.165, 1.54) is 35.9 Å². The Morgan fingerprint density at radius 2 is 1.65 bits per heavy atom. The van der Waals surface area contributed by atoms with Crippen LogP contribution in [0, 0.1) is 18.3 Å². The largest absolute Gasteiger partial charge is 0.489 e. The number of hydrogen-bond donors (Lipinski definition) is 2. The van der Waals surface area contributed by atoms with E-state index in [2.05, 4.69) is 5.32 Å². The lowest BCUT2D eigenvalue weighted by atomic mass is 10.1. The number of carboxylic acid groups (broad SMARTS) is 1. The van der Waals surface area contributed by atoms with E-state index >= 15 is 0 Å². The van der Waals surface area contributed by atoms with E-state index in [0.29, 0.717) is 23.6 Å². The second kappa shape index (κ2) is 9.90. The fourth-order valence-electron chi connectivity index (χ4n) is 2.72. The normalized spacial score (nSPS) is 10.8. The first-order valence-corrected chi connectivity index (χ1v) is 9.49. The van der Waals surface area contributed by atoms with Crippen molar-refractivity contribution in [2.75, 3.05) is 5.32 Å². The second-order valence-electron chi connectivity index (χ2n) is 6.85. The molecule has 0 saturated carbocycles. The summed E-state index contributed by atoms with van der Waals surface area (Å²) in [6.07, 6.45) is 1.48. The summed E-state index contributed by atoms with van der Waals surface area (Å²) in [6.45, 7) is 2.48. The van der Waals surface area contributed by atoms with Crippen LogP contribution in [0.1, 0.15) is 27.0 Å². The van der Waals surface area contributed by atoms with Gasteiger partial charge in [-0.15, -0.1) is 0 Å². The van der Waals surface area contributed by atoms with E-state index in [4.69, 9.17) is 9.84 Å². The van der Waals surface area contributed by atoms with Gasteiger partial charge in [-0.3, -0.25) is 4.79 Å². The third-order valence-electron chi connectivity index (χ3n) is 4.47. The summed E-state index contributed by atoms with van der Waals surface area (Å²) in [7, 11) is 0. The minimum absolute atomic E-state index is 0.0735. The number of hydrogen-bond acceptors (Lipinski definition) is 4.